The molecule has 1 rings (SSSR count). The lowest BCUT2D eigenvalue weighted by atomic mass is 9.90. The molecule has 1 saturated heterocycles. The molecule has 1 heterocycles. The van der Waals surface area contributed by atoms with Crippen LogP contribution in [0.1, 0.15) is 26.7 Å². The first kappa shape index (κ1) is 11.5. The Hall–Kier alpha value is -0.590. The Morgan fingerprint density at radius 1 is 1.64 bits per heavy atom. The summed E-state index contributed by atoms with van der Waals surface area (Å²) in [5.74, 6) is 0.800. The zero-order valence-corrected chi connectivity index (χ0v) is 9.24. The lowest BCUT2D eigenvalue weighted by Gasteiger charge is -2.39. The summed E-state index contributed by atoms with van der Waals surface area (Å²) in [4.78, 5) is 2.39. The fourth-order valence-corrected chi connectivity index (χ4v) is 2.34. The van der Waals surface area contributed by atoms with Crippen LogP contribution in [0.3, 0.4) is 0 Å². The number of nitrogens with zero attached hydrogens (tertiary/aromatic N) is 2. The van der Waals surface area contributed by atoms with Crippen molar-refractivity contribution in [3.05, 3.63) is 0 Å². The van der Waals surface area contributed by atoms with Gasteiger partial charge < -0.3 is 5.73 Å². The number of hydrogen-bond acceptors (Lipinski definition) is 3. The van der Waals surface area contributed by atoms with Crippen molar-refractivity contribution in [2.75, 3.05) is 19.6 Å². The van der Waals surface area contributed by atoms with E-state index in [1.807, 2.05) is 6.92 Å². The molecule has 3 heteroatoms. The van der Waals surface area contributed by atoms with Crippen LogP contribution in [-0.2, 0) is 0 Å². The molecule has 1 aliphatic heterocycles. The monoisotopic (exact) mass is 195 g/mol. The summed E-state index contributed by atoms with van der Waals surface area (Å²) in [5, 5.41) is 8.78. The second-order valence-electron chi connectivity index (χ2n) is 4.45. The van der Waals surface area contributed by atoms with Crippen molar-refractivity contribution in [1.82, 2.24) is 4.90 Å². The highest BCUT2D eigenvalue weighted by Crippen LogP contribution is 2.23. The molecule has 3 nitrogen and oxygen atoms in total. The molecular weight excluding hydrogens is 174 g/mol. The molecule has 1 fully saturated rings. The first-order chi connectivity index (χ1) is 6.69. The van der Waals surface area contributed by atoms with E-state index in [-0.39, 0.29) is 5.92 Å². The van der Waals surface area contributed by atoms with Gasteiger partial charge in [0.25, 0.3) is 0 Å². The van der Waals surface area contributed by atoms with Gasteiger partial charge in [-0.05, 0) is 32.2 Å². The van der Waals surface area contributed by atoms with Crippen molar-refractivity contribution in [2.45, 2.75) is 32.7 Å². The minimum Gasteiger partial charge on any atom is -0.329 e. The van der Waals surface area contributed by atoms with E-state index in [9.17, 15) is 0 Å². The lowest BCUT2D eigenvalue weighted by Crippen LogP contribution is -2.49. The van der Waals surface area contributed by atoms with Gasteiger partial charge in [0, 0.05) is 19.1 Å². The maximum atomic E-state index is 8.78. The number of rotatable bonds is 3. The van der Waals surface area contributed by atoms with E-state index in [1.165, 1.54) is 12.8 Å². The second kappa shape index (κ2) is 5.33. The van der Waals surface area contributed by atoms with Gasteiger partial charge in [-0.25, -0.2) is 0 Å². The van der Waals surface area contributed by atoms with Crippen LogP contribution < -0.4 is 5.73 Å². The molecule has 0 bridgehead atoms. The summed E-state index contributed by atoms with van der Waals surface area (Å²) in [6.07, 6.45) is 2.52. The van der Waals surface area contributed by atoms with Crippen molar-refractivity contribution >= 4 is 0 Å². The second-order valence-corrected chi connectivity index (χ2v) is 4.45. The van der Waals surface area contributed by atoms with Gasteiger partial charge >= 0.3 is 0 Å². The Bertz CT molecular complexity index is 209. The van der Waals surface area contributed by atoms with Gasteiger partial charge in [-0.1, -0.05) is 6.92 Å². The van der Waals surface area contributed by atoms with Crippen LogP contribution in [0.25, 0.3) is 0 Å². The molecule has 14 heavy (non-hydrogen) atoms. The zero-order valence-electron chi connectivity index (χ0n) is 9.24. The summed E-state index contributed by atoms with van der Waals surface area (Å²) in [6.45, 7) is 6.95. The predicted molar refractivity (Wildman–Crippen MR) is 57.6 cm³/mol. The highest BCUT2D eigenvalue weighted by atomic mass is 15.2. The third-order valence-corrected chi connectivity index (χ3v) is 3.20. The molecule has 1 aliphatic rings. The molecule has 0 amide bonds. The topological polar surface area (TPSA) is 53.0 Å². The Morgan fingerprint density at radius 2 is 2.36 bits per heavy atom. The quantitative estimate of drug-likeness (QED) is 0.736. The van der Waals surface area contributed by atoms with Crippen molar-refractivity contribution in [3.8, 4) is 6.07 Å². The maximum Gasteiger partial charge on any atom is 0.0666 e. The van der Waals surface area contributed by atoms with Gasteiger partial charge in [0.05, 0.1) is 12.0 Å². The zero-order chi connectivity index (χ0) is 10.6. The number of nitrogens with two attached hydrogens (primary N) is 1. The van der Waals surface area contributed by atoms with Crippen LogP contribution in [0.5, 0.6) is 0 Å². The molecule has 0 saturated carbocycles. The van der Waals surface area contributed by atoms with Crippen molar-refractivity contribution in [3.63, 3.8) is 0 Å². The summed E-state index contributed by atoms with van der Waals surface area (Å²) in [7, 11) is 0. The molecule has 3 unspecified atom stereocenters. The minimum absolute atomic E-state index is 0.120. The number of hydrogen-bond donors (Lipinski definition) is 1. The average Bonchev–Trinajstić information content (AvgIpc) is 2.18. The van der Waals surface area contributed by atoms with Crippen LogP contribution in [-0.4, -0.2) is 30.6 Å². The number of likely N-dealkylation sites (tertiary alicyclic amines) is 1. The van der Waals surface area contributed by atoms with Gasteiger partial charge in [-0.15, -0.1) is 0 Å². The smallest absolute Gasteiger partial charge is 0.0666 e. The summed E-state index contributed by atoms with van der Waals surface area (Å²) in [6, 6.07) is 2.77. The number of nitriles is 1. The van der Waals surface area contributed by atoms with Crippen molar-refractivity contribution < 1.29 is 0 Å². The lowest BCUT2D eigenvalue weighted by molar-refractivity contribution is 0.0985. The predicted octanol–water partition coefficient (Wildman–Crippen LogP) is 1.21. The molecule has 0 spiro atoms. The average molecular weight is 195 g/mol. The first-order valence-electron chi connectivity index (χ1n) is 5.52. The largest absolute Gasteiger partial charge is 0.329 e. The van der Waals surface area contributed by atoms with E-state index >= 15 is 0 Å². The Kier molecular flexibility index (Phi) is 4.37. The summed E-state index contributed by atoms with van der Waals surface area (Å²) >= 11 is 0. The van der Waals surface area contributed by atoms with Gasteiger partial charge in [0.1, 0.15) is 0 Å². The molecule has 80 valence electrons. The van der Waals surface area contributed by atoms with Crippen LogP contribution in [0.4, 0.5) is 0 Å². The standard InChI is InChI=1S/C11H21N3/c1-9(6-12)8-14-5-3-4-10(2)11(14)7-13/h9-11H,3-5,7-8,13H2,1-2H3. The van der Waals surface area contributed by atoms with E-state index in [0.717, 1.165) is 19.6 Å². The van der Waals surface area contributed by atoms with Gasteiger partial charge in [-0.2, -0.15) is 5.26 Å². The van der Waals surface area contributed by atoms with Crippen molar-refractivity contribution in [2.24, 2.45) is 17.6 Å². The molecule has 0 radical (unpaired) electrons. The van der Waals surface area contributed by atoms with Crippen molar-refractivity contribution in [1.29, 1.82) is 5.26 Å². The van der Waals surface area contributed by atoms with E-state index in [1.54, 1.807) is 0 Å². The SMILES string of the molecule is CC(C#N)CN1CCCC(C)C1CN. The fourth-order valence-electron chi connectivity index (χ4n) is 2.34. The summed E-state index contributed by atoms with van der Waals surface area (Å²) < 4.78 is 0. The van der Waals surface area contributed by atoms with Gasteiger partial charge in [0.15, 0.2) is 0 Å². The Balaban J connectivity index is 2.52. The highest BCUT2D eigenvalue weighted by Gasteiger charge is 2.27. The minimum atomic E-state index is 0.120. The summed E-state index contributed by atoms with van der Waals surface area (Å²) in [5.41, 5.74) is 5.78. The Labute approximate surface area is 86.9 Å². The maximum absolute atomic E-state index is 8.78. The van der Waals surface area contributed by atoms with Crippen LogP contribution in [0.15, 0.2) is 0 Å². The Morgan fingerprint density at radius 3 is 2.93 bits per heavy atom. The molecular formula is C11H21N3. The van der Waals surface area contributed by atoms with E-state index in [0.29, 0.717) is 12.0 Å². The molecule has 3 atom stereocenters. The highest BCUT2D eigenvalue weighted by molar-refractivity contribution is 4.88. The fraction of sp³-hybridized carbons (Fsp3) is 0.909. The molecule has 0 aromatic carbocycles. The molecule has 2 N–H and O–H groups in total. The molecule has 0 aromatic rings. The van der Waals surface area contributed by atoms with E-state index < -0.39 is 0 Å². The van der Waals surface area contributed by atoms with Crippen LogP contribution in [0.2, 0.25) is 0 Å². The normalized spacial score (nSPS) is 31.0. The van der Waals surface area contributed by atoms with Gasteiger partial charge in [0.2, 0.25) is 0 Å². The first-order valence-corrected chi connectivity index (χ1v) is 5.52. The van der Waals surface area contributed by atoms with E-state index in [4.69, 9.17) is 11.0 Å². The molecule has 0 aromatic heterocycles. The van der Waals surface area contributed by atoms with Crippen LogP contribution in [0, 0.1) is 23.2 Å². The number of piperidine rings is 1. The third-order valence-electron chi connectivity index (χ3n) is 3.20. The van der Waals surface area contributed by atoms with Crippen LogP contribution >= 0.6 is 0 Å². The third kappa shape index (κ3) is 2.70. The molecule has 0 aliphatic carbocycles. The van der Waals surface area contributed by atoms with Gasteiger partial charge in [-0.3, -0.25) is 4.90 Å². The van der Waals surface area contributed by atoms with E-state index in [2.05, 4.69) is 17.9 Å².